The van der Waals surface area contributed by atoms with E-state index in [4.69, 9.17) is 0 Å². The van der Waals surface area contributed by atoms with Gasteiger partial charge >= 0.3 is 0 Å². The molecule has 0 aromatic heterocycles. The number of nitrogens with zero attached hydrogens (tertiary/aromatic N) is 2. The second-order valence-corrected chi connectivity index (χ2v) is 10.2. The highest BCUT2D eigenvalue weighted by Gasteiger charge is 2.18. The van der Waals surface area contributed by atoms with E-state index in [1.54, 1.807) is 0 Å². The van der Waals surface area contributed by atoms with Crippen molar-refractivity contribution < 1.29 is 0 Å². The summed E-state index contributed by atoms with van der Waals surface area (Å²) in [4.78, 5) is 4.77. The van der Waals surface area contributed by atoms with Crippen LogP contribution in [0.4, 0.5) is 11.4 Å². The summed E-state index contributed by atoms with van der Waals surface area (Å²) in [5.74, 6) is 0.507. The number of allylic oxidation sites excluding steroid dienone is 8. The molecule has 206 valence electrons. The fourth-order valence-corrected chi connectivity index (χ4v) is 5.48. The lowest BCUT2D eigenvalue weighted by atomic mass is 9.82. The minimum absolute atomic E-state index is 0.227. The van der Waals surface area contributed by atoms with E-state index < -0.39 is 0 Å². The normalized spacial score (nSPS) is 14.6. The Labute approximate surface area is 242 Å². The summed E-state index contributed by atoms with van der Waals surface area (Å²) in [7, 11) is 0. The van der Waals surface area contributed by atoms with Gasteiger partial charge in [0.15, 0.2) is 0 Å². The van der Waals surface area contributed by atoms with Crippen LogP contribution in [0.5, 0.6) is 0 Å². The summed E-state index contributed by atoms with van der Waals surface area (Å²) in [6.07, 6.45) is 15.7. The Morgan fingerprint density at radius 3 is 1.73 bits per heavy atom. The van der Waals surface area contributed by atoms with Gasteiger partial charge in [-0.15, -0.1) is 0 Å². The predicted octanol–water partition coefficient (Wildman–Crippen LogP) is 9.45. The van der Waals surface area contributed by atoms with Crippen LogP contribution in [0.15, 0.2) is 134 Å². The molecule has 1 atom stereocenters. The maximum absolute atomic E-state index is 4.10. The Bertz CT molecular complexity index is 1320. The second-order valence-electron chi connectivity index (χ2n) is 10.2. The van der Waals surface area contributed by atoms with E-state index in [9.17, 15) is 0 Å². The highest BCUT2D eigenvalue weighted by molar-refractivity contribution is 5.81. The van der Waals surface area contributed by atoms with Gasteiger partial charge in [0.05, 0.1) is 0 Å². The van der Waals surface area contributed by atoms with Crippen LogP contribution in [0.2, 0.25) is 0 Å². The van der Waals surface area contributed by atoms with E-state index in [2.05, 4.69) is 165 Å². The van der Waals surface area contributed by atoms with Crippen LogP contribution in [0, 0.1) is 5.92 Å². The SMILES string of the molecule is C=C1C=CC(C(/C=C\C=C(/c2ccccc2)c2ccc(N(CC)CC)cc2)c2ccc(N(CC)CC)cc2)C=C1. The lowest BCUT2D eigenvalue weighted by Crippen LogP contribution is -2.21. The van der Waals surface area contributed by atoms with Crippen molar-refractivity contribution in [1.29, 1.82) is 0 Å². The molecule has 2 heteroatoms. The van der Waals surface area contributed by atoms with Crippen molar-refractivity contribution in [2.75, 3.05) is 36.0 Å². The molecule has 1 unspecified atom stereocenters. The molecule has 40 heavy (non-hydrogen) atoms. The van der Waals surface area contributed by atoms with Gasteiger partial charge in [0.1, 0.15) is 0 Å². The predicted molar refractivity (Wildman–Crippen MR) is 176 cm³/mol. The maximum atomic E-state index is 4.10. The lowest BCUT2D eigenvalue weighted by molar-refractivity contribution is 0.702. The van der Waals surface area contributed by atoms with Crippen molar-refractivity contribution in [3.63, 3.8) is 0 Å². The Morgan fingerprint density at radius 1 is 0.700 bits per heavy atom. The summed E-state index contributed by atoms with van der Waals surface area (Å²) in [5.41, 5.74) is 8.58. The quantitative estimate of drug-likeness (QED) is 0.216. The average molecular weight is 529 g/mol. The molecule has 0 aliphatic heterocycles. The summed E-state index contributed by atoms with van der Waals surface area (Å²) < 4.78 is 0. The molecule has 0 saturated heterocycles. The standard InChI is InChI=1S/C38H44N2/c1-6-39(7-2)35-26-22-33(23-27-35)37(31-14-11-10-12-15-31)16-13-17-38(32-20-18-30(5)19-21-32)34-24-28-36(29-25-34)40(8-3)9-4/h10-29,32,38H,5-9H2,1-4H3/b17-13-,37-16+. The van der Waals surface area contributed by atoms with Gasteiger partial charge in [-0.2, -0.15) is 0 Å². The molecule has 0 spiro atoms. The van der Waals surface area contributed by atoms with Crippen LogP contribution in [0.25, 0.3) is 5.57 Å². The van der Waals surface area contributed by atoms with Crippen LogP contribution in [-0.2, 0) is 0 Å². The minimum Gasteiger partial charge on any atom is -0.372 e. The molecule has 0 radical (unpaired) electrons. The van der Waals surface area contributed by atoms with E-state index in [1.807, 2.05) is 0 Å². The third-order valence-corrected chi connectivity index (χ3v) is 7.86. The molecule has 0 amide bonds. The number of hydrogen-bond donors (Lipinski definition) is 0. The van der Waals surface area contributed by atoms with E-state index >= 15 is 0 Å². The van der Waals surface area contributed by atoms with Crippen LogP contribution < -0.4 is 9.80 Å². The van der Waals surface area contributed by atoms with Gasteiger partial charge in [-0.25, -0.2) is 0 Å². The number of benzene rings is 3. The van der Waals surface area contributed by atoms with Crippen LogP contribution in [-0.4, -0.2) is 26.2 Å². The fraction of sp³-hybridized carbons (Fsp3) is 0.263. The Balaban J connectivity index is 1.69. The maximum Gasteiger partial charge on any atom is 0.0366 e. The first kappa shape index (κ1) is 29.0. The highest BCUT2D eigenvalue weighted by atomic mass is 15.1. The third kappa shape index (κ3) is 7.12. The third-order valence-electron chi connectivity index (χ3n) is 7.86. The zero-order chi connectivity index (χ0) is 28.3. The smallest absolute Gasteiger partial charge is 0.0366 e. The Morgan fingerprint density at radius 2 is 1.20 bits per heavy atom. The molecule has 1 aliphatic rings. The first-order valence-electron chi connectivity index (χ1n) is 14.8. The van der Waals surface area contributed by atoms with Gasteiger partial charge in [-0.05, 0) is 79.8 Å². The lowest BCUT2D eigenvalue weighted by Gasteiger charge is -2.24. The van der Waals surface area contributed by atoms with Gasteiger partial charge in [0.25, 0.3) is 0 Å². The van der Waals surface area contributed by atoms with Crippen molar-refractivity contribution in [3.8, 4) is 0 Å². The first-order chi connectivity index (χ1) is 19.6. The molecule has 0 bridgehead atoms. The molecule has 0 N–H and O–H groups in total. The first-order valence-corrected chi connectivity index (χ1v) is 14.8. The van der Waals surface area contributed by atoms with Gasteiger partial charge in [-0.3, -0.25) is 0 Å². The van der Waals surface area contributed by atoms with Gasteiger partial charge in [0, 0.05) is 49.4 Å². The molecule has 0 saturated carbocycles. The molecule has 0 heterocycles. The zero-order valence-corrected chi connectivity index (χ0v) is 24.6. The van der Waals surface area contributed by atoms with Crippen molar-refractivity contribution in [2.24, 2.45) is 5.92 Å². The fourth-order valence-electron chi connectivity index (χ4n) is 5.48. The van der Waals surface area contributed by atoms with Crippen LogP contribution in [0.3, 0.4) is 0 Å². The molecular formula is C38H44N2. The largest absolute Gasteiger partial charge is 0.372 e. The van der Waals surface area contributed by atoms with Crippen molar-refractivity contribution in [3.05, 3.63) is 150 Å². The topological polar surface area (TPSA) is 6.48 Å². The number of hydrogen-bond acceptors (Lipinski definition) is 2. The highest BCUT2D eigenvalue weighted by Crippen LogP contribution is 2.33. The summed E-state index contributed by atoms with van der Waals surface area (Å²) in [6.45, 7) is 17.0. The van der Waals surface area contributed by atoms with Gasteiger partial charge in [-0.1, -0.05) is 104 Å². The summed E-state index contributed by atoms with van der Waals surface area (Å²) >= 11 is 0. The van der Waals surface area contributed by atoms with E-state index in [1.165, 1.54) is 33.6 Å². The number of rotatable bonds is 12. The van der Waals surface area contributed by atoms with Crippen molar-refractivity contribution in [1.82, 2.24) is 0 Å². The van der Waals surface area contributed by atoms with E-state index in [0.717, 1.165) is 31.8 Å². The van der Waals surface area contributed by atoms with Crippen LogP contribution >= 0.6 is 0 Å². The molecule has 3 aromatic carbocycles. The monoisotopic (exact) mass is 528 g/mol. The van der Waals surface area contributed by atoms with Crippen molar-refractivity contribution >= 4 is 16.9 Å². The Hall–Kier alpha value is -4.04. The number of anilines is 2. The van der Waals surface area contributed by atoms with Crippen molar-refractivity contribution in [2.45, 2.75) is 33.6 Å². The zero-order valence-electron chi connectivity index (χ0n) is 24.6. The van der Waals surface area contributed by atoms with Crippen LogP contribution in [0.1, 0.15) is 50.3 Å². The van der Waals surface area contributed by atoms with Gasteiger partial charge < -0.3 is 9.80 Å². The van der Waals surface area contributed by atoms with E-state index in [0.29, 0.717) is 0 Å². The summed E-state index contributed by atoms with van der Waals surface area (Å²) in [5, 5.41) is 0. The molecule has 2 nitrogen and oxygen atoms in total. The van der Waals surface area contributed by atoms with E-state index in [-0.39, 0.29) is 11.8 Å². The minimum atomic E-state index is 0.227. The van der Waals surface area contributed by atoms with Gasteiger partial charge in [0.2, 0.25) is 0 Å². The molecular weight excluding hydrogens is 484 g/mol. The molecule has 0 fully saturated rings. The molecule has 1 aliphatic carbocycles. The summed E-state index contributed by atoms with van der Waals surface area (Å²) in [6, 6.07) is 28.8. The molecule has 3 aromatic rings. The Kier molecular flexibility index (Phi) is 10.4. The second kappa shape index (κ2) is 14.4. The average Bonchev–Trinajstić information content (AvgIpc) is 3.01. The molecule has 4 rings (SSSR count).